The van der Waals surface area contributed by atoms with Crippen LogP contribution < -0.4 is 5.73 Å². The van der Waals surface area contributed by atoms with Gasteiger partial charge in [-0.3, -0.25) is 0 Å². The average molecular weight is 225 g/mol. The zero-order chi connectivity index (χ0) is 11.1. The maximum Gasteiger partial charge on any atom is 0.313 e. The van der Waals surface area contributed by atoms with Crippen molar-refractivity contribution in [3.05, 3.63) is 5.69 Å². The number of rotatable bonds is 1. The van der Waals surface area contributed by atoms with Crippen molar-refractivity contribution >= 4 is 17.5 Å². The Bertz CT molecular complexity index is 469. The highest BCUT2D eigenvalue weighted by molar-refractivity contribution is 7.09. The lowest BCUT2D eigenvalue weighted by Crippen LogP contribution is -2.13. The molecular formula is C8H11N5OS. The van der Waals surface area contributed by atoms with Crippen LogP contribution in [-0.2, 0) is 5.41 Å². The summed E-state index contributed by atoms with van der Waals surface area (Å²) in [5, 5.41) is 11.5. The Kier molecular flexibility index (Phi) is 2.18. The molecule has 0 amide bonds. The fraction of sp³-hybridized carbons (Fsp3) is 0.500. The Morgan fingerprint density at radius 1 is 1.20 bits per heavy atom. The molecule has 0 fully saturated rings. The second kappa shape index (κ2) is 3.27. The molecule has 0 saturated heterocycles. The molecule has 0 unspecified atom stereocenters. The lowest BCUT2D eigenvalue weighted by Gasteiger charge is -2.14. The number of anilines is 1. The van der Waals surface area contributed by atoms with E-state index in [2.05, 4.69) is 19.8 Å². The first-order chi connectivity index (χ1) is 6.98. The molecule has 0 saturated carbocycles. The van der Waals surface area contributed by atoms with Crippen LogP contribution in [0.4, 0.5) is 6.01 Å². The van der Waals surface area contributed by atoms with Gasteiger partial charge in [0.05, 0.1) is 5.69 Å². The summed E-state index contributed by atoms with van der Waals surface area (Å²) in [7, 11) is 0. The summed E-state index contributed by atoms with van der Waals surface area (Å²) >= 11 is 1.23. The highest BCUT2D eigenvalue weighted by atomic mass is 32.1. The third kappa shape index (κ3) is 1.82. The van der Waals surface area contributed by atoms with Gasteiger partial charge in [0.1, 0.15) is 4.88 Å². The molecule has 0 aromatic carbocycles. The van der Waals surface area contributed by atoms with Crippen molar-refractivity contribution < 1.29 is 4.42 Å². The van der Waals surface area contributed by atoms with E-state index in [1.54, 1.807) is 0 Å². The fourth-order valence-electron chi connectivity index (χ4n) is 1.15. The molecule has 0 spiro atoms. The van der Waals surface area contributed by atoms with E-state index in [9.17, 15) is 0 Å². The summed E-state index contributed by atoms with van der Waals surface area (Å²) in [6, 6.07) is 0.0539. The normalized spacial score (nSPS) is 11.9. The number of nitrogen functional groups attached to an aromatic ring is 1. The van der Waals surface area contributed by atoms with Crippen molar-refractivity contribution in [3.63, 3.8) is 0 Å². The summed E-state index contributed by atoms with van der Waals surface area (Å²) in [4.78, 5) is 0.784. The second-order valence-electron chi connectivity index (χ2n) is 4.15. The van der Waals surface area contributed by atoms with Crippen molar-refractivity contribution in [1.29, 1.82) is 0 Å². The van der Waals surface area contributed by atoms with Gasteiger partial charge in [-0.05, 0) is 11.5 Å². The Balaban J connectivity index is 2.50. The van der Waals surface area contributed by atoms with Gasteiger partial charge in [0.25, 0.3) is 5.89 Å². The standard InChI is InChI=1S/C8H11N5OS/c1-8(2,3)5-4(15-13-10-5)6-11-12-7(9)14-6/h1-3H3,(H2,9,12). The molecule has 0 aliphatic carbocycles. The topological polar surface area (TPSA) is 90.7 Å². The largest absolute Gasteiger partial charge is 0.403 e. The van der Waals surface area contributed by atoms with Gasteiger partial charge in [0.2, 0.25) is 0 Å². The second-order valence-corrected chi connectivity index (χ2v) is 4.90. The van der Waals surface area contributed by atoms with Gasteiger partial charge in [-0.2, -0.15) is 0 Å². The number of aromatic nitrogens is 4. The Hall–Kier alpha value is -1.50. The molecule has 0 radical (unpaired) electrons. The van der Waals surface area contributed by atoms with Crippen LogP contribution in [-0.4, -0.2) is 19.8 Å². The smallest absolute Gasteiger partial charge is 0.313 e. The predicted octanol–water partition coefficient (Wildman–Crippen LogP) is 1.47. The molecule has 0 atom stereocenters. The van der Waals surface area contributed by atoms with Gasteiger partial charge in [-0.15, -0.1) is 10.2 Å². The molecule has 0 bridgehead atoms. The Labute approximate surface area is 90.7 Å². The minimum absolute atomic E-state index is 0.0539. The zero-order valence-corrected chi connectivity index (χ0v) is 9.50. The maximum absolute atomic E-state index is 5.37. The summed E-state index contributed by atoms with van der Waals surface area (Å²) in [5.41, 5.74) is 6.11. The molecule has 0 aliphatic heterocycles. The van der Waals surface area contributed by atoms with Crippen LogP contribution >= 0.6 is 11.5 Å². The number of hydrogen-bond acceptors (Lipinski definition) is 7. The fourth-order valence-corrected chi connectivity index (χ4v) is 1.95. The van der Waals surface area contributed by atoms with Gasteiger partial charge in [-0.25, -0.2) is 0 Å². The lowest BCUT2D eigenvalue weighted by atomic mass is 9.91. The summed E-state index contributed by atoms with van der Waals surface area (Å²) < 4.78 is 9.05. The van der Waals surface area contributed by atoms with E-state index in [1.807, 2.05) is 20.8 Å². The lowest BCUT2D eigenvalue weighted by molar-refractivity contribution is 0.556. The third-order valence-corrected chi connectivity index (χ3v) is 2.55. The third-order valence-electron chi connectivity index (χ3n) is 1.83. The Morgan fingerprint density at radius 3 is 2.47 bits per heavy atom. The van der Waals surface area contributed by atoms with E-state index in [0.717, 1.165) is 10.6 Å². The average Bonchev–Trinajstić information content (AvgIpc) is 2.68. The molecule has 2 aromatic heterocycles. The Morgan fingerprint density at radius 2 is 1.93 bits per heavy atom. The first-order valence-corrected chi connectivity index (χ1v) is 5.18. The van der Waals surface area contributed by atoms with Gasteiger partial charge in [0, 0.05) is 5.41 Å². The van der Waals surface area contributed by atoms with Crippen LogP contribution in [0.2, 0.25) is 0 Å². The molecular weight excluding hydrogens is 214 g/mol. The van der Waals surface area contributed by atoms with Gasteiger partial charge < -0.3 is 10.2 Å². The molecule has 6 nitrogen and oxygen atoms in total. The minimum atomic E-state index is -0.106. The molecule has 7 heteroatoms. The van der Waals surface area contributed by atoms with Crippen molar-refractivity contribution in [2.45, 2.75) is 26.2 Å². The quantitative estimate of drug-likeness (QED) is 0.790. The van der Waals surface area contributed by atoms with E-state index in [-0.39, 0.29) is 11.4 Å². The van der Waals surface area contributed by atoms with Gasteiger partial charge in [-0.1, -0.05) is 30.4 Å². The van der Waals surface area contributed by atoms with E-state index >= 15 is 0 Å². The van der Waals surface area contributed by atoms with E-state index < -0.39 is 0 Å². The summed E-state index contributed by atoms with van der Waals surface area (Å²) in [5.74, 6) is 0.382. The number of nitrogens with two attached hydrogens (primary N) is 1. The van der Waals surface area contributed by atoms with Crippen LogP contribution in [0.15, 0.2) is 4.42 Å². The summed E-state index contributed by atoms with van der Waals surface area (Å²) in [6.07, 6.45) is 0. The SMILES string of the molecule is CC(C)(C)c1nnsc1-c1nnc(N)o1. The molecule has 2 rings (SSSR count). The summed E-state index contributed by atoms with van der Waals surface area (Å²) in [6.45, 7) is 6.15. The zero-order valence-electron chi connectivity index (χ0n) is 8.68. The van der Waals surface area contributed by atoms with Crippen LogP contribution in [0.5, 0.6) is 0 Å². The maximum atomic E-state index is 5.37. The van der Waals surface area contributed by atoms with Crippen LogP contribution in [0.1, 0.15) is 26.5 Å². The van der Waals surface area contributed by atoms with Crippen molar-refractivity contribution in [2.75, 3.05) is 5.73 Å². The van der Waals surface area contributed by atoms with E-state index in [1.165, 1.54) is 11.5 Å². The molecule has 2 N–H and O–H groups in total. The van der Waals surface area contributed by atoms with Crippen molar-refractivity contribution in [2.24, 2.45) is 0 Å². The molecule has 15 heavy (non-hydrogen) atoms. The van der Waals surface area contributed by atoms with Crippen molar-refractivity contribution in [3.8, 4) is 10.8 Å². The van der Waals surface area contributed by atoms with E-state index in [0.29, 0.717) is 5.89 Å². The molecule has 2 heterocycles. The van der Waals surface area contributed by atoms with Gasteiger partial charge >= 0.3 is 6.01 Å². The van der Waals surface area contributed by atoms with E-state index in [4.69, 9.17) is 10.2 Å². The molecule has 0 aliphatic rings. The predicted molar refractivity (Wildman–Crippen MR) is 56.3 cm³/mol. The molecule has 80 valence electrons. The number of nitrogens with zero attached hydrogens (tertiary/aromatic N) is 4. The van der Waals surface area contributed by atoms with Crippen molar-refractivity contribution in [1.82, 2.24) is 19.8 Å². The monoisotopic (exact) mass is 225 g/mol. The van der Waals surface area contributed by atoms with Crippen LogP contribution in [0.3, 0.4) is 0 Å². The van der Waals surface area contributed by atoms with Crippen LogP contribution in [0, 0.1) is 0 Å². The first-order valence-electron chi connectivity index (χ1n) is 4.40. The van der Waals surface area contributed by atoms with Crippen LogP contribution in [0.25, 0.3) is 10.8 Å². The molecule has 2 aromatic rings. The highest BCUT2D eigenvalue weighted by Crippen LogP contribution is 2.33. The number of hydrogen-bond donors (Lipinski definition) is 1. The highest BCUT2D eigenvalue weighted by Gasteiger charge is 2.25. The first kappa shape index (κ1) is 10.0. The minimum Gasteiger partial charge on any atom is -0.403 e. The van der Waals surface area contributed by atoms with Gasteiger partial charge in [0.15, 0.2) is 0 Å².